The molecular formula is C20H31F2N7O7. The molecule has 0 bridgehead atoms. The lowest BCUT2D eigenvalue weighted by Gasteiger charge is -2.20. The minimum atomic E-state index is -3.84. The molecule has 16 heteroatoms. The van der Waals surface area contributed by atoms with Crippen molar-refractivity contribution in [2.45, 2.75) is 57.2 Å². The average molecular weight is 520 g/mol. The monoisotopic (exact) mass is 519 g/mol. The van der Waals surface area contributed by atoms with Crippen molar-refractivity contribution in [2.75, 3.05) is 25.6 Å². The summed E-state index contributed by atoms with van der Waals surface area (Å²) in [5, 5.41) is 17.0. The summed E-state index contributed by atoms with van der Waals surface area (Å²) >= 11 is 0. The minimum Gasteiger partial charge on any atom is -0.384 e. The van der Waals surface area contributed by atoms with Gasteiger partial charge in [0.2, 0.25) is 23.9 Å². The number of rotatable bonds is 11. The lowest BCUT2D eigenvalue weighted by atomic mass is 10.0. The first kappa shape index (κ1) is 29.0. The van der Waals surface area contributed by atoms with Gasteiger partial charge in [0.15, 0.2) is 6.10 Å². The molecule has 1 saturated heterocycles. The maximum atomic E-state index is 14.5. The second kappa shape index (κ2) is 12.2. The van der Waals surface area contributed by atoms with Crippen LogP contribution < -0.4 is 33.1 Å². The smallest absolute Gasteiger partial charge is 0.351 e. The summed E-state index contributed by atoms with van der Waals surface area (Å²) in [5.41, 5.74) is 9.97. The lowest BCUT2D eigenvalue weighted by molar-refractivity contribution is -0.141. The lowest BCUT2D eigenvalue weighted by Crippen LogP contribution is -2.52. The van der Waals surface area contributed by atoms with Crippen LogP contribution >= 0.6 is 0 Å². The van der Waals surface area contributed by atoms with Crippen molar-refractivity contribution >= 4 is 23.5 Å². The van der Waals surface area contributed by atoms with Crippen LogP contribution in [0.15, 0.2) is 17.1 Å². The quantitative estimate of drug-likeness (QED) is 0.133. The second-order valence-electron chi connectivity index (χ2n) is 8.52. The molecule has 1 aliphatic rings. The van der Waals surface area contributed by atoms with E-state index in [4.69, 9.17) is 20.9 Å². The van der Waals surface area contributed by atoms with Gasteiger partial charge in [0, 0.05) is 6.20 Å². The maximum Gasteiger partial charge on any atom is 0.351 e. The van der Waals surface area contributed by atoms with Gasteiger partial charge in [-0.25, -0.2) is 4.79 Å². The zero-order valence-corrected chi connectivity index (χ0v) is 19.9. The van der Waals surface area contributed by atoms with Gasteiger partial charge in [0.25, 0.3) is 0 Å². The highest BCUT2D eigenvalue weighted by Crippen LogP contribution is 2.42. The third-order valence-electron chi connectivity index (χ3n) is 5.33. The molecule has 1 aliphatic heterocycles. The zero-order chi connectivity index (χ0) is 27.2. The fourth-order valence-corrected chi connectivity index (χ4v) is 3.08. The number of nitrogens with zero attached hydrogens (tertiary/aromatic N) is 2. The Morgan fingerprint density at radius 3 is 2.56 bits per heavy atom. The summed E-state index contributed by atoms with van der Waals surface area (Å²) in [5.74, 6) is -5.94. The second-order valence-corrected chi connectivity index (χ2v) is 8.52. The first-order valence-electron chi connectivity index (χ1n) is 11.0. The predicted octanol–water partition coefficient (Wildman–Crippen LogP) is -2.59. The van der Waals surface area contributed by atoms with Gasteiger partial charge in [-0.2, -0.15) is 13.8 Å². The maximum absolute atomic E-state index is 14.5. The summed E-state index contributed by atoms with van der Waals surface area (Å²) in [7, 11) is 0. The number of aliphatic hydroxyl groups excluding tert-OH is 1. The number of amides is 3. The van der Waals surface area contributed by atoms with Crippen molar-refractivity contribution in [1.82, 2.24) is 25.5 Å². The number of carbonyl (C=O) groups excluding carboxylic acids is 3. The number of halogens is 2. The first-order valence-corrected chi connectivity index (χ1v) is 11.0. The van der Waals surface area contributed by atoms with Gasteiger partial charge in [0.1, 0.15) is 24.7 Å². The number of hydrogen-bond donors (Lipinski definition) is 6. The molecule has 0 spiro atoms. The third-order valence-corrected chi connectivity index (χ3v) is 5.33. The highest BCUT2D eigenvalue weighted by Gasteiger charge is 2.59. The summed E-state index contributed by atoms with van der Waals surface area (Å²) in [6, 6.07) is -0.603. The molecule has 1 aromatic heterocycles. The van der Waals surface area contributed by atoms with Crippen LogP contribution in [-0.2, 0) is 23.9 Å². The largest absolute Gasteiger partial charge is 0.384 e. The van der Waals surface area contributed by atoms with Crippen molar-refractivity contribution in [3.63, 3.8) is 0 Å². The third kappa shape index (κ3) is 7.16. The highest BCUT2D eigenvalue weighted by atomic mass is 19.3. The van der Waals surface area contributed by atoms with Gasteiger partial charge >= 0.3 is 11.6 Å². The molecule has 2 rings (SSSR count). The van der Waals surface area contributed by atoms with E-state index in [-0.39, 0.29) is 11.7 Å². The van der Waals surface area contributed by atoms with E-state index in [0.717, 1.165) is 12.3 Å². The van der Waals surface area contributed by atoms with Gasteiger partial charge < -0.3 is 42.0 Å². The molecule has 0 aromatic carbocycles. The molecule has 202 valence electrons. The Bertz CT molecular complexity index is 1010. The zero-order valence-electron chi connectivity index (χ0n) is 19.9. The molecule has 14 nitrogen and oxygen atoms in total. The molecule has 2 heterocycles. The first-order chi connectivity index (χ1) is 16.7. The Hall–Kier alpha value is -3.21. The summed E-state index contributed by atoms with van der Waals surface area (Å²) in [6.45, 7) is 3.49. The average Bonchev–Trinajstić information content (AvgIpc) is 3.02. The van der Waals surface area contributed by atoms with Crippen molar-refractivity contribution in [2.24, 2.45) is 11.7 Å². The topological polar surface area (TPSA) is 213 Å². The molecule has 1 fully saturated rings. The molecule has 0 unspecified atom stereocenters. The molecule has 0 radical (unpaired) electrons. The van der Waals surface area contributed by atoms with E-state index in [1.165, 1.54) is 6.92 Å². The van der Waals surface area contributed by atoms with Crippen LogP contribution in [0.1, 0.15) is 27.0 Å². The van der Waals surface area contributed by atoms with Crippen LogP contribution in [0.25, 0.3) is 0 Å². The Morgan fingerprint density at radius 2 is 1.94 bits per heavy atom. The van der Waals surface area contributed by atoms with Crippen LogP contribution in [0, 0.1) is 5.92 Å². The number of carbonyl (C=O) groups is 3. The fraction of sp³-hybridized carbons (Fsp3) is 0.650. The number of ether oxygens (including phenoxy) is 2. The number of hydrogen-bond acceptors (Lipinski definition) is 10. The molecule has 36 heavy (non-hydrogen) atoms. The Labute approximate surface area is 204 Å². The number of alkyl halides is 2. The molecule has 3 amide bonds. The molecular weight excluding hydrogens is 488 g/mol. The standard InChI is InChI=1S/C20H31F2N7O7/c1-9(2)14(24)17(33)27-10(3)16(32)25-6-13(30)26-8-35-7-11-15(31)20(21,22)18(36-11)29-5-4-12(23)28-19(29)34/h4-5,9-11,14-15,18,31H,6-8,24H2,1-3H3,(H,25,32)(H,26,30)(H,27,33)(H2,23,28,34)/t10-,11+,14-,15+,18+/m0/s1. The SMILES string of the molecule is CC(C)[C@H](N)C(=O)N[C@@H](C)C(=O)NCC(=O)NCOC[C@H]1O[C@@H](n2ccc(N)nc2=O)C(F)(F)[C@@H]1O. The van der Waals surface area contributed by atoms with Crippen molar-refractivity contribution in [1.29, 1.82) is 0 Å². The van der Waals surface area contributed by atoms with E-state index in [1.807, 2.05) is 0 Å². The van der Waals surface area contributed by atoms with E-state index < -0.39 is 79.7 Å². The number of anilines is 1. The van der Waals surface area contributed by atoms with E-state index in [1.54, 1.807) is 13.8 Å². The van der Waals surface area contributed by atoms with E-state index in [0.29, 0.717) is 4.57 Å². The molecule has 1 aromatic rings. The van der Waals surface area contributed by atoms with Gasteiger partial charge in [0.05, 0.1) is 19.2 Å². The van der Waals surface area contributed by atoms with Crippen molar-refractivity contribution in [3.05, 3.63) is 22.7 Å². The van der Waals surface area contributed by atoms with Crippen LogP contribution in [0.3, 0.4) is 0 Å². The predicted molar refractivity (Wildman–Crippen MR) is 120 cm³/mol. The molecule has 5 atom stereocenters. The number of nitrogens with two attached hydrogens (primary N) is 2. The van der Waals surface area contributed by atoms with Gasteiger partial charge in [-0.3, -0.25) is 19.0 Å². The van der Waals surface area contributed by atoms with Gasteiger partial charge in [-0.05, 0) is 18.9 Å². The van der Waals surface area contributed by atoms with Gasteiger partial charge in [-0.1, -0.05) is 13.8 Å². The molecule has 8 N–H and O–H groups in total. The Balaban J connectivity index is 1.75. The minimum absolute atomic E-state index is 0.128. The number of nitrogen functional groups attached to an aromatic ring is 1. The Morgan fingerprint density at radius 1 is 1.28 bits per heavy atom. The summed E-state index contributed by atoms with van der Waals surface area (Å²) in [4.78, 5) is 51.0. The molecule has 0 saturated carbocycles. The number of nitrogens with one attached hydrogen (secondary N) is 3. The van der Waals surface area contributed by atoms with Crippen LogP contribution in [-0.4, -0.2) is 82.5 Å². The van der Waals surface area contributed by atoms with E-state index >= 15 is 0 Å². The summed E-state index contributed by atoms with van der Waals surface area (Å²) < 4.78 is 39.6. The van der Waals surface area contributed by atoms with Crippen LogP contribution in [0.4, 0.5) is 14.6 Å². The molecule has 0 aliphatic carbocycles. The van der Waals surface area contributed by atoms with E-state index in [2.05, 4.69) is 20.9 Å². The highest BCUT2D eigenvalue weighted by molar-refractivity contribution is 5.91. The fourth-order valence-electron chi connectivity index (χ4n) is 3.08. The summed E-state index contributed by atoms with van der Waals surface area (Å²) in [6.07, 6.45) is -4.99. The van der Waals surface area contributed by atoms with Crippen LogP contribution in [0.2, 0.25) is 0 Å². The van der Waals surface area contributed by atoms with E-state index in [9.17, 15) is 33.1 Å². The van der Waals surface area contributed by atoms with Gasteiger partial charge in [-0.15, -0.1) is 0 Å². The number of aliphatic hydroxyl groups is 1. The van der Waals surface area contributed by atoms with Crippen molar-refractivity contribution in [3.8, 4) is 0 Å². The van der Waals surface area contributed by atoms with Crippen LogP contribution in [0.5, 0.6) is 0 Å². The van der Waals surface area contributed by atoms with Crippen molar-refractivity contribution < 1.29 is 37.7 Å². The number of aromatic nitrogens is 2. The Kier molecular flexibility index (Phi) is 9.80. The normalized spacial score (nSPS) is 22.6.